The summed E-state index contributed by atoms with van der Waals surface area (Å²) in [5.74, 6) is 1.16. The number of nitrogens with one attached hydrogen (secondary N) is 1. The molecule has 26 heavy (non-hydrogen) atoms. The summed E-state index contributed by atoms with van der Waals surface area (Å²) in [6, 6.07) is 8.19. The van der Waals surface area contributed by atoms with E-state index in [0.29, 0.717) is 12.0 Å². The SMILES string of the molecule is CC(C)=CC1C(C(=O)Nc2cccc(-c3nnnn3C3CC3)c2)C1(C)C. The highest BCUT2D eigenvalue weighted by Crippen LogP contribution is 2.59. The number of anilines is 1. The van der Waals surface area contributed by atoms with Crippen LogP contribution in [0.1, 0.15) is 46.6 Å². The fourth-order valence-corrected chi connectivity index (χ4v) is 3.75. The van der Waals surface area contributed by atoms with E-state index in [1.165, 1.54) is 5.57 Å². The summed E-state index contributed by atoms with van der Waals surface area (Å²) in [5, 5.41) is 15.2. The molecular formula is C20H25N5O. The van der Waals surface area contributed by atoms with Crippen LogP contribution in [0.4, 0.5) is 5.69 Å². The summed E-state index contributed by atoms with van der Waals surface area (Å²) in [6.45, 7) is 8.47. The van der Waals surface area contributed by atoms with Crippen LogP contribution in [0.5, 0.6) is 0 Å². The standard InChI is InChI=1S/C20H25N5O/c1-12(2)10-16-17(20(16,3)4)19(26)21-14-7-5-6-13(11-14)18-22-23-24-25(18)15-8-9-15/h5-7,10-11,15-17H,8-9H2,1-4H3,(H,21,26). The van der Waals surface area contributed by atoms with E-state index < -0.39 is 0 Å². The second kappa shape index (κ2) is 6.04. The van der Waals surface area contributed by atoms with Crippen LogP contribution in [-0.2, 0) is 4.79 Å². The number of benzene rings is 1. The Balaban J connectivity index is 1.52. The third-order valence-corrected chi connectivity index (χ3v) is 5.48. The van der Waals surface area contributed by atoms with Crippen molar-refractivity contribution in [1.82, 2.24) is 20.2 Å². The molecule has 1 aromatic heterocycles. The second-order valence-corrected chi connectivity index (χ2v) is 8.32. The van der Waals surface area contributed by atoms with Gasteiger partial charge >= 0.3 is 0 Å². The Kier molecular flexibility index (Phi) is 3.93. The molecule has 2 saturated carbocycles. The molecule has 2 fully saturated rings. The van der Waals surface area contributed by atoms with Gasteiger partial charge < -0.3 is 5.32 Å². The van der Waals surface area contributed by atoms with Crippen molar-refractivity contribution in [3.63, 3.8) is 0 Å². The first-order valence-corrected chi connectivity index (χ1v) is 9.22. The third kappa shape index (κ3) is 3.04. The molecule has 2 aliphatic rings. The Labute approximate surface area is 153 Å². The maximum atomic E-state index is 12.8. The predicted molar refractivity (Wildman–Crippen MR) is 100 cm³/mol. The Morgan fingerprint density at radius 3 is 2.77 bits per heavy atom. The fourth-order valence-electron chi connectivity index (χ4n) is 3.75. The molecule has 0 spiro atoms. The lowest BCUT2D eigenvalue weighted by Gasteiger charge is -2.08. The molecule has 1 aromatic carbocycles. The van der Waals surface area contributed by atoms with Crippen LogP contribution in [0, 0.1) is 17.3 Å². The van der Waals surface area contributed by atoms with Gasteiger partial charge in [0, 0.05) is 11.3 Å². The Bertz CT molecular complexity index is 874. The number of allylic oxidation sites excluding steroid dienone is 2. The van der Waals surface area contributed by atoms with Crippen molar-refractivity contribution in [2.45, 2.75) is 46.6 Å². The van der Waals surface area contributed by atoms with E-state index in [0.717, 1.165) is 29.9 Å². The number of carbonyl (C=O) groups excluding carboxylic acids is 1. The van der Waals surface area contributed by atoms with E-state index in [2.05, 4.69) is 54.6 Å². The maximum absolute atomic E-state index is 12.8. The van der Waals surface area contributed by atoms with Crippen LogP contribution in [0.15, 0.2) is 35.9 Å². The number of nitrogens with zero attached hydrogens (tertiary/aromatic N) is 4. The summed E-state index contributed by atoms with van der Waals surface area (Å²) in [4.78, 5) is 12.8. The molecule has 0 aliphatic heterocycles. The zero-order chi connectivity index (χ0) is 18.5. The topological polar surface area (TPSA) is 72.7 Å². The molecule has 4 rings (SSSR count). The summed E-state index contributed by atoms with van der Waals surface area (Å²) < 4.78 is 1.88. The summed E-state index contributed by atoms with van der Waals surface area (Å²) in [6.07, 6.45) is 4.46. The van der Waals surface area contributed by atoms with Gasteiger partial charge in [0.05, 0.1) is 12.0 Å². The van der Waals surface area contributed by atoms with Crippen molar-refractivity contribution < 1.29 is 4.79 Å². The lowest BCUT2D eigenvalue weighted by molar-refractivity contribution is -0.118. The van der Waals surface area contributed by atoms with Crippen LogP contribution in [0.2, 0.25) is 0 Å². The van der Waals surface area contributed by atoms with Crippen molar-refractivity contribution in [1.29, 1.82) is 0 Å². The largest absolute Gasteiger partial charge is 0.326 e. The van der Waals surface area contributed by atoms with Crippen molar-refractivity contribution in [3.8, 4) is 11.4 Å². The molecule has 0 radical (unpaired) electrons. The van der Waals surface area contributed by atoms with E-state index in [1.54, 1.807) is 0 Å². The van der Waals surface area contributed by atoms with Crippen LogP contribution in [0.25, 0.3) is 11.4 Å². The lowest BCUT2D eigenvalue weighted by atomic mass is 10.1. The van der Waals surface area contributed by atoms with Crippen molar-refractivity contribution in [2.24, 2.45) is 17.3 Å². The van der Waals surface area contributed by atoms with E-state index in [-0.39, 0.29) is 17.2 Å². The first kappa shape index (κ1) is 16.9. The molecule has 1 N–H and O–H groups in total. The fraction of sp³-hybridized carbons (Fsp3) is 0.500. The highest BCUT2D eigenvalue weighted by molar-refractivity contribution is 5.96. The minimum atomic E-state index is 0.00896. The van der Waals surface area contributed by atoms with Crippen LogP contribution in [-0.4, -0.2) is 26.1 Å². The smallest absolute Gasteiger partial charge is 0.228 e. The Morgan fingerprint density at radius 2 is 2.08 bits per heavy atom. The molecular weight excluding hydrogens is 326 g/mol. The summed E-state index contributed by atoms with van der Waals surface area (Å²) in [5.41, 5.74) is 2.98. The molecule has 1 heterocycles. The lowest BCUT2D eigenvalue weighted by Crippen LogP contribution is -2.16. The molecule has 2 unspecified atom stereocenters. The zero-order valence-electron chi connectivity index (χ0n) is 15.7. The van der Waals surface area contributed by atoms with Gasteiger partial charge in [-0.15, -0.1) is 5.10 Å². The monoisotopic (exact) mass is 351 g/mol. The van der Waals surface area contributed by atoms with E-state index in [4.69, 9.17) is 0 Å². The van der Waals surface area contributed by atoms with Crippen molar-refractivity contribution in [2.75, 3.05) is 5.32 Å². The van der Waals surface area contributed by atoms with Crippen LogP contribution >= 0.6 is 0 Å². The molecule has 0 saturated heterocycles. The average Bonchev–Trinajstić information content (AvgIpc) is 3.43. The van der Waals surface area contributed by atoms with Gasteiger partial charge in [-0.05, 0) is 60.6 Å². The van der Waals surface area contributed by atoms with Gasteiger partial charge in [-0.1, -0.05) is 37.6 Å². The number of aromatic nitrogens is 4. The molecule has 6 nitrogen and oxygen atoms in total. The molecule has 0 bridgehead atoms. The van der Waals surface area contributed by atoms with Gasteiger partial charge in [0.2, 0.25) is 5.91 Å². The number of carbonyl (C=O) groups is 1. The predicted octanol–water partition coefficient (Wildman–Crippen LogP) is 3.85. The normalized spacial score (nSPS) is 23.4. The van der Waals surface area contributed by atoms with Crippen molar-refractivity contribution >= 4 is 11.6 Å². The Morgan fingerprint density at radius 1 is 1.31 bits per heavy atom. The van der Waals surface area contributed by atoms with E-state index in [9.17, 15) is 4.79 Å². The van der Waals surface area contributed by atoms with Gasteiger partial charge in [0.1, 0.15) is 0 Å². The molecule has 136 valence electrons. The minimum Gasteiger partial charge on any atom is -0.326 e. The highest BCUT2D eigenvalue weighted by atomic mass is 16.2. The number of amides is 1. The first-order chi connectivity index (χ1) is 12.4. The van der Waals surface area contributed by atoms with Gasteiger partial charge in [-0.3, -0.25) is 4.79 Å². The molecule has 1 amide bonds. The second-order valence-electron chi connectivity index (χ2n) is 8.32. The minimum absolute atomic E-state index is 0.00896. The molecule has 2 aliphatic carbocycles. The highest BCUT2D eigenvalue weighted by Gasteiger charge is 2.60. The maximum Gasteiger partial charge on any atom is 0.228 e. The zero-order valence-corrected chi connectivity index (χ0v) is 15.7. The summed E-state index contributed by atoms with van der Waals surface area (Å²) >= 11 is 0. The van der Waals surface area contributed by atoms with Crippen LogP contribution < -0.4 is 5.32 Å². The van der Waals surface area contributed by atoms with Crippen LogP contribution in [0.3, 0.4) is 0 Å². The molecule has 6 heteroatoms. The Hall–Kier alpha value is -2.50. The quantitative estimate of drug-likeness (QED) is 0.831. The number of tetrazole rings is 1. The number of rotatable bonds is 5. The van der Waals surface area contributed by atoms with Gasteiger partial charge in [-0.25, -0.2) is 4.68 Å². The van der Waals surface area contributed by atoms with E-state index >= 15 is 0 Å². The van der Waals surface area contributed by atoms with Crippen molar-refractivity contribution in [3.05, 3.63) is 35.9 Å². The molecule has 2 aromatic rings. The number of hydrogen-bond acceptors (Lipinski definition) is 4. The molecule has 2 atom stereocenters. The summed E-state index contributed by atoms with van der Waals surface area (Å²) in [7, 11) is 0. The third-order valence-electron chi connectivity index (χ3n) is 5.48. The van der Waals surface area contributed by atoms with Gasteiger partial charge in [-0.2, -0.15) is 0 Å². The number of hydrogen-bond donors (Lipinski definition) is 1. The van der Waals surface area contributed by atoms with Gasteiger partial charge in [0.25, 0.3) is 0 Å². The average molecular weight is 351 g/mol. The van der Waals surface area contributed by atoms with E-state index in [1.807, 2.05) is 28.9 Å². The van der Waals surface area contributed by atoms with Gasteiger partial charge in [0.15, 0.2) is 5.82 Å². The first-order valence-electron chi connectivity index (χ1n) is 9.22.